The van der Waals surface area contributed by atoms with E-state index < -0.39 is 0 Å². The van der Waals surface area contributed by atoms with Gasteiger partial charge in [-0.3, -0.25) is 0 Å². The van der Waals surface area contributed by atoms with Crippen LogP contribution in [0.3, 0.4) is 0 Å². The molecule has 0 saturated carbocycles. The summed E-state index contributed by atoms with van der Waals surface area (Å²) in [6, 6.07) is 0.420. The van der Waals surface area contributed by atoms with E-state index in [1.54, 1.807) is 13.4 Å². The first-order valence-electron chi connectivity index (χ1n) is 5.29. The average molecular weight is 211 g/mol. The van der Waals surface area contributed by atoms with Gasteiger partial charge >= 0.3 is 0 Å². The van der Waals surface area contributed by atoms with Gasteiger partial charge in [0.05, 0.1) is 11.9 Å². The van der Waals surface area contributed by atoms with Crippen molar-refractivity contribution in [2.75, 3.05) is 7.11 Å². The molecule has 4 heteroatoms. The van der Waals surface area contributed by atoms with Crippen molar-refractivity contribution in [3.63, 3.8) is 0 Å². The summed E-state index contributed by atoms with van der Waals surface area (Å²) in [5, 5.41) is 3.42. The Morgan fingerprint density at radius 2 is 2.33 bits per heavy atom. The third-order valence-electron chi connectivity index (χ3n) is 2.55. The molecule has 1 atom stereocenters. The fraction of sp³-hybridized carbons (Fsp3) is 0.727. The molecule has 0 saturated heterocycles. The lowest BCUT2D eigenvalue weighted by Crippen LogP contribution is -2.35. The summed E-state index contributed by atoms with van der Waals surface area (Å²) < 4.78 is 5.39. The van der Waals surface area contributed by atoms with Crippen molar-refractivity contribution in [3.8, 4) is 0 Å². The number of aromatic nitrogens is 2. The van der Waals surface area contributed by atoms with Crippen molar-refractivity contribution in [1.82, 2.24) is 15.3 Å². The Balaban J connectivity index is 2.27. The van der Waals surface area contributed by atoms with Crippen LogP contribution in [0.1, 0.15) is 32.9 Å². The van der Waals surface area contributed by atoms with Gasteiger partial charge in [-0.15, -0.1) is 0 Å². The topological polar surface area (TPSA) is 49.9 Å². The fourth-order valence-electron chi connectivity index (χ4n) is 1.56. The Hall–Kier alpha value is -0.870. The molecule has 0 amide bonds. The van der Waals surface area contributed by atoms with Crippen molar-refractivity contribution in [1.29, 1.82) is 0 Å². The first-order valence-corrected chi connectivity index (χ1v) is 5.29. The molecule has 0 fully saturated rings. The Morgan fingerprint density at radius 1 is 1.60 bits per heavy atom. The van der Waals surface area contributed by atoms with Crippen molar-refractivity contribution in [2.24, 2.45) is 0 Å². The van der Waals surface area contributed by atoms with E-state index in [0.29, 0.717) is 6.04 Å². The number of H-pyrrole nitrogens is 1. The molecule has 0 aliphatic rings. The molecule has 0 aliphatic carbocycles. The highest BCUT2D eigenvalue weighted by Gasteiger charge is 2.19. The minimum absolute atomic E-state index is 0.0690. The Bertz CT molecular complexity index is 269. The van der Waals surface area contributed by atoms with E-state index in [4.69, 9.17) is 4.74 Å². The minimum Gasteiger partial charge on any atom is -0.379 e. The van der Waals surface area contributed by atoms with Crippen LogP contribution in [0.15, 0.2) is 12.5 Å². The molecular weight excluding hydrogens is 190 g/mol. The normalized spacial score (nSPS) is 14.1. The maximum atomic E-state index is 5.39. The predicted molar refractivity (Wildman–Crippen MR) is 60.6 cm³/mol. The Kier molecular flexibility index (Phi) is 4.29. The van der Waals surface area contributed by atoms with Crippen LogP contribution >= 0.6 is 0 Å². The summed E-state index contributed by atoms with van der Waals surface area (Å²) >= 11 is 0. The number of ether oxygens (including phenoxy) is 1. The largest absolute Gasteiger partial charge is 0.379 e. The van der Waals surface area contributed by atoms with E-state index in [2.05, 4.69) is 36.1 Å². The van der Waals surface area contributed by atoms with Crippen LogP contribution in [0.5, 0.6) is 0 Å². The van der Waals surface area contributed by atoms with Gasteiger partial charge in [0, 0.05) is 31.6 Å². The zero-order chi connectivity index (χ0) is 11.3. The number of rotatable bonds is 6. The Labute approximate surface area is 91.4 Å². The van der Waals surface area contributed by atoms with Gasteiger partial charge in [0.2, 0.25) is 0 Å². The standard InChI is InChI=1S/C11H21N3O/c1-9(5-11(2,3)15-4)13-7-10-6-12-8-14-10/h6,8-9,13H,5,7H2,1-4H3,(H,12,14). The van der Waals surface area contributed by atoms with Gasteiger partial charge in [-0.1, -0.05) is 0 Å². The van der Waals surface area contributed by atoms with Gasteiger partial charge in [-0.2, -0.15) is 0 Å². The second-order valence-corrected chi connectivity index (χ2v) is 4.53. The summed E-state index contributed by atoms with van der Waals surface area (Å²) in [5.74, 6) is 0. The van der Waals surface area contributed by atoms with Crippen LogP contribution < -0.4 is 5.32 Å². The van der Waals surface area contributed by atoms with Crippen molar-refractivity contribution < 1.29 is 4.74 Å². The molecule has 1 heterocycles. The van der Waals surface area contributed by atoms with Crippen LogP contribution in [0.4, 0.5) is 0 Å². The predicted octanol–water partition coefficient (Wildman–Crippen LogP) is 1.70. The lowest BCUT2D eigenvalue weighted by Gasteiger charge is -2.27. The number of imidazole rings is 1. The third-order valence-corrected chi connectivity index (χ3v) is 2.55. The molecule has 0 spiro atoms. The molecule has 0 aliphatic heterocycles. The Morgan fingerprint density at radius 3 is 2.87 bits per heavy atom. The maximum Gasteiger partial charge on any atom is 0.0922 e. The lowest BCUT2D eigenvalue weighted by atomic mass is 10.00. The van der Waals surface area contributed by atoms with Crippen LogP contribution in [-0.2, 0) is 11.3 Å². The molecule has 0 radical (unpaired) electrons. The minimum atomic E-state index is -0.0690. The van der Waals surface area contributed by atoms with Crippen molar-refractivity contribution in [2.45, 2.75) is 45.4 Å². The van der Waals surface area contributed by atoms with Gasteiger partial charge < -0.3 is 15.0 Å². The van der Waals surface area contributed by atoms with Crippen LogP contribution in [0.25, 0.3) is 0 Å². The third kappa shape index (κ3) is 4.44. The van der Waals surface area contributed by atoms with Crippen LogP contribution in [0.2, 0.25) is 0 Å². The molecule has 2 N–H and O–H groups in total. The molecule has 15 heavy (non-hydrogen) atoms. The average Bonchev–Trinajstić information content (AvgIpc) is 2.66. The smallest absolute Gasteiger partial charge is 0.0922 e. The van der Waals surface area contributed by atoms with Gasteiger partial charge in [0.25, 0.3) is 0 Å². The first-order chi connectivity index (χ1) is 7.03. The van der Waals surface area contributed by atoms with Crippen LogP contribution in [-0.4, -0.2) is 28.7 Å². The molecule has 0 aromatic carbocycles. The zero-order valence-corrected chi connectivity index (χ0v) is 10.0. The molecular formula is C11H21N3O. The highest BCUT2D eigenvalue weighted by Crippen LogP contribution is 2.15. The molecule has 0 bridgehead atoms. The summed E-state index contributed by atoms with van der Waals surface area (Å²) in [5.41, 5.74) is 1.04. The number of methoxy groups -OCH3 is 1. The summed E-state index contributed by atoms with van der Waals surface area (Å²) in [7, 11) is 1.75. The van der Waals surface area contributed by atoms with Gasteiger partial charge in [0.15, 0.2) is 0 Å². The SMILES string of the molecule is COC(C)(C)CC(C)NCc1cnc[nH]1. The highest BCUT2D eigenvalue weighted by molar-refractivity contribution is 4.93. The van der Waals surface area contributed by atoms with E-state index in [0.717, 1.165) is 18.7 Å². The fourth-order valence-corrected chi connectivity index (χ4v) is 1.56. The molecule has 1 aromatic heterocycles. The number of hydrogen-bond acceptors (Lipinski definition) is 3. The monoisotopic (exact) mass is 211 g/mol. The molecule has 86 valence electrons. The number of nitrogens with zero attached hydrogens (tertiary/aromatic N) is 1. The second kappa shape index (κ2) is 5.28. The number of aromatic amines is 1. The van der Waals surface area contributed by atoms with Gasteiger partial charge in [-0.05, 0) is 27.2 Å². The molecule has 4 nitrogen and oxygen atoms in total. The molecule has 1 unspecified atom stereocenters. The van der Waals surface area contributed by atoms with Gasteiger partial charge in [-0.25, -0.2) is 4.98 Å². The van der Waals surface area contributed by atoms with E-state index in [1.165, 1.54) is 0 Å². The first kappa shape index (κ1) is 12.2. The summed E-state index contributed by atoms with van der Waals surface area (Å²) in [6.45, 7) is 7.18. The van der Waals surface area contributed by atoms with Crippen molar-refractivity contribution >= 4 is 0 Å². The van der Waals surface area contributed by atoms with Crippen LogP contribution in [0, 0.1) is 0 Å². The summed E-state index contributed by atoms with van der Waals surface area (Å²) in [4.78, 5) is 7.04. The number of nitrogens with one attached hydrogen (secondary N) is 2. The van der Waals surface area contributed by atoms with Crippen molar-refractivity contribution in [3.05, 3.63) is 18.2 Å². The quantitative estimate of drug-likeness (QED) is 0.753. The second-order valence-electron chi connectivity index (χ2n) is 4.53. The lowest BCUT2D eigenvalue weighted by molar-refractivity contribution is 0.00842. The molecule has 1 aromatic rings. The highest BCUT2D eigenvalue weighted by atomic mass is 16.5. The van der Waals surface area contributed by atoms with E-state index in [9.17, 15) is 0 Å². The van der Waals surface area contributed by atoms with E-state index >= 15 is 0 Å². The van der Waals surface area contributed by atoms with E-state index in [1.807, 2.05) is 6.20 Å². The van der Waals surface area contributed by atoms with Gasteiger partial charge in [0.1, 0.15) is 0 Å². The zero-order valence-electron chi connectivity index (χ0n) is 10.0. The summed E-state index contributed by atoms with van der Waals surface area (Å²) in [6.07, 6.45) is 4.51. The molecule has 1 rings (SSSR count). The maximum absolute atomic E-state index is 5.39. The number of hydrogen-bond donors (Lipinski definition) is 2. The van der Waals surface area contributed by atoms with E-state index in [-0.39, 0.29) is 5.60 Å².